The molecule has 0 aromatic carbocycles. The maximum absolute atomic E-state index is 11.5. The van der Waals surface area contributed by atoms with Gasteiger partial charge >= 0.3 is 0 Å². The third-order valence-electron chi connectivity index (χ3n) is 1.99. The molecule has 1 aromatic rings. The van der Waals surface area contributed by atoms with E-state index in [1.807, 2.05) is 13.8 Å². The van der Waals surface area contributed by atoms with Crippen molar-refractivity contribution in [3.8, 4) is 0 Å². The Bertz CT molecular complexity index is 344. The molecule has 82 valence electrons. The van der Waals surface area contributed by atoms with E-state index in [2.05, 4.69) is 15.3 Å². The fraction of sp³-hybridized carbons (Fsp3) is 0.500. The summed E-state index contributed by atoms with van der Waals surface area (Å²) in [6.07, 6.45) is 0.606. The first-order valence-electron chi connectivity index (χ1n) is 4.91. The van der Waals surface area contributed by atoms with Crippen LogP contribution in [0.1, 0.15) is 24.9 Å². The van der Waals surface area contributed by atoms with Gasteiger partial charge in [0.1, 0.15) is 11.6 Å². The highest BCUT2D eigenvalue weighted by Gasteiger charge is 2.11. The second-order valence-electron chi connectivity index (χ2n) is 3.45. The second-order valence-corrected chi connectivity index (χ2v) is 3.45. The van der Waals surface area contributed by atoms with Crippen molar-refractivity contribution in [1.29, 1.82) is 0 Å². The Morgan fingerprint density at radius 3 is 2.73 bits per heavy atom. The number of anilines is 1. The molecule has 1 unspecified atom stereocenters. The molecule has 1 amide bonds. The van der Waals surface area contributed by atoms with E-state index in [9.17, 15) is 4.79 Å². The average molecular weight is 208 g/mol. The molecule has 3 N–H and O–H groups in total. The van der Waals surface area contributed by atoms with Crippen LogP contribution >= 0.6 is 0 Å². The molecule has 5 heteroatoms. The van der Waals surface area contributed by atoms with E-state index in [0.29, 0.717) is 18.1 Å². The van der Waals surface area contributed by atoms with Crippen LogP contribution in [0, 0.1) is 13.8 Å². The average Bonchev–Trinajstić information content (AvgIpc) is 2.14. The van der Waals surface area contributed by atoms with Crippen LogP contribution in [0.25, 0.3) is 0 Å². The third kappa shape index (κ3) is 3.28. The lowest BCUT2D eigenvalue weighted by Crippen LogP contribution is -2.35. The lowest BCUT2D eigenvalue weighted by molar-refractivity contribution is -0.117. The Hall–Kier alpha value is -1.49. The number of aromatic nitrogens is 2. The first-order valence-corrected chi connectivity index (χ1v) is 4.91. The molecule has 1 atom stereocenters. The zero-order valence-electron chi connectivity index (χ0n) is 9.24. The molecule has 15 heavy (non-hydrogen) atoms. The van der Waals surface area contributed by atoms with Crippen LogP contribution in [-0.2, 0) is 4.79 Å². The minimum atomic E-state index is -0.486. The first-order chi connectivity index (χ1) is 7.02. The first kappa shape index (κ1) is 11.6. The Kier molecular flexibility index (Phi) is 3.74. The van der Waals surface area contributed by atoms with Gasteiger partial charge in [-0.25, -0.2) is 9.97 Å². The predicted octanol–water partition coefficient (Wildman–Crippen LogP) is 0.769. The van der Waals surface area contributed by atoms with Gasteiger partial charge in [-0.3, -0.25) is 4.79 Å². The quantitative estimate of drug-likeness (QED) is 0.768. The molecule has 0 spiro atoms. The van der Waals surface area contributed by atoms with Gasteiger partial charge in [-0.2, -0.15) is 0 Å². The van der Waals surface area contributed by atoms with Crippen LogP contribution in [-0.4, -0.2) is 21.9 Å². The Balaban J connectivity index is 2.76. The number of nitrogens with zero attached hydrogens (tertiary/aromatic N) is 2. The summed E-state index contributed by atoms with van der Waals surface area (Å²) in [5, 5.41) is 2.66. The van der Waals surface area contributed by atoms with Gasteiger partial charge in [-0.15, -0.1) is 0 Å². The highest BCUT2D eigenvalue weighted by atomic mass is 16.2. The van der Waals surface area contributed by atoms with Crippen molar-refractivity contribution in [1.82, 2.24) is 9.97 Å². The van der Waals surface area contributed by atoms with Crippen LogP contribution in [0.5, 0.6) is 0 Å². The van der Waals surface area contributed by atoms with Gasteiger partial charge in [-0.05, 0) is 20.3 Å². The highest BCUT2D eigenvalue weighted by Crippen LogP contribution is 2.06. The number of nitrogens with one attached hydrogen (secondary N) is 1. The van der Waals surface area contributed by atoms with E-state index in [-0.39, 0.29) is 5.91 Å². The van der Waals surface area contributed by atoms with Crippen LogP contribution in [0.15, 0.2) is 6.07 Å². The SMILES string of the molecule is CCC(N)C(=O)Nc1cc(C)nc(C)n1. The van der Waals surface area contributed by atoms with Crippen LogP contribution in [0.4, 0.5) is 5.82 Å². The molecule has 0 fully saturated rings. The minimum absolute atomic E-state index is 0.213. The van der Waals surface area contributed by atoms with Crippen LogP contribution < -0.4 is 11.1 Å². The van der Waals surface area contributed by atoms with Crippen LogP contribution in [0.3, 0.4) is 0 Å². The van der Waals surface area contributed by atoms with Crippen molar-refractivity contribution >= 4 is 11.7 Å². The molecule has 0 radical (unpaired) electrons. The van der Waals surface area contributed by atoms with Crippen molar-refractivity contribution in [2.45, 2.75) is 33.2 Å². The van der Waals surface area contributed by atoms with Gasteiger partial charge in [0, 0.05) is 11.8 Å². The van der Waals surface area contributed by atoms with Gasteiger partial charge in [0.25, 0.3) is 0 Å². The van der Waals surface area contributed by atoms with Crippen molar-refractivity contribution < 1.29 is 4.79 Å². The number of carbonyl (C=O) groups excluding carboxylic acids is 1. The van der Waals surface area contributed by atoms with Crippen LogP contribution in [0.2, 0.25) is 0 Å². The lowest BCUT2D eigenvalue weighted by atomic mass is 10.2. The van der Waals surface area contributed by atoms with E-state index >= 15 is 0 Å². The summed E-state index contributed by atoms with van der Waals surface area (Å²) < 4.78 is 0. The number of aryl methyl sites for hydroxylation is 2. The number of hydrogen-bond acceptors (Lipinski definition) is 4. The Morgan fingerprint density at radius 2 is 2.20 bits per heavy atom. The number of nitrogens with two attached hydrogens (primary N) is 1. The van der Waals surface area contributed by atoms with Crippen molar-refractivity contribution in [3.05, 3.63) is 17.6 Å². The summed E-state index contributed by atoms with van der Waals surface area (Å²) in [7, 11) is 0. The molecule has 0 aliphatic rings. The monoisotopic (exact) mass is 208 g/mol. The van der Waals surface area contributed by atoms with E-state index < -0.39 is 6.04 Å². The summed E-state index contributed by atoms with van der Waals surface area (Å²) in [6.45, 7) is 5.49. The predicted molar refractivity (Wildman–Crippen MR) is 58.4 cm³/mol. The van der Waals surface area contributed by atoms with Gasteiger partial charge in [0.05, 0.1) is 6.04 Å². The topological polar surface area (TPSA) is 80.9 Å². The third-order valence-corrected chi connectivity index (χ3v) is 1.99. The second kappa shape index (κ2) is 4.84. The number of amides is 1. The molecule has 5 nitrogen and oxygen atoms in total. The van der Waals surface area contributed by atoms with Crippen molar-refractivity contribution in [2.24, 2.45) is 5.73 Å². The highest BCUT2D eigenvalue weighted by molar-refractivity contribution is 5.93. The van der Waals surface area contributed by atoms with Gasteiger partial charge in [0.15, 0.2) is 0 Å². The molecule has 0 saturated heterocycles. The molecule has 0 aliphatic carbocycles. The number of rotatable bonds is 3. The Morgan fingerprint density at radius 1 is 1.53 bits per heavy atom. The minimum Gasteiger partial charge on any atom is -0.320 e. The summed E-state index contributed by atoms with van der Waals surface area (Å²) in [5.74, 6) is 0.930. The molecule has 1 aromatic heterocycles. The van der Waals surface area contributed by atoms with Crippen molar-refractivity contribution in [2.75, 3.05) is 5.32 Å². The van der Waals surface area contributed by atoms with E-state index in [1.165, 1.54) is 0 Å². The van der Waals surface area contributed by atoms with E-state index in [0.717, 1.165) is 5.69 Å². The fourth-order valence-corrected chi connectivity index (χ4v) is 1.19. The smallest absolute Gasteiger partial charge is 0.242 e. The normalized spacial score (nSPS) is 12.3. The summed E-state index contributed by atoms with van der Waals surface area (Å²) in [5.41, 5.74) is 6.41. The number of carbonyl (C=O) groups is 1. The van der Waals surface area contributed by atoms with Gasteiger partial charge in [0.2, 0.25) is 5.91 Å². The molecule has 1 heterocycles. The molecular formula is C10H16N4O. The lowest BCUT2D eigenvalue weighted by Gasteiger charge is -2.09. The van der Waals surface area contributed by atoms with Gasteiger partial charge in [-0.1, -0.05) is 6.92 Å². The summed E-state index contributed by atoms with van der Waals surface area (Å²) in [6, 6.07) is 1.23. The number of hydrogen-bond donors (Lipinski definition) is 2. The summed E-state index contributed by atoms with van der Waals surface area (Å²) in [4.78, 5) is 19.7. The zero-order chi connectivity index (χ0) is 11.4. The van der Waals surface area contributed by atoms with E-state index in [4.69, 9.17) is 5.73 Å². The van der Waals surface area contributed by atoms with E-state index in [1.54, 1.807) is 13.0 Å². The van der Waals surface area contributed by atoms with Gasteiger partial charge < -0.3 is 11.1 Å². The molecular weight excluding hydrogens is 192 g/mol. The summed E-state index contributed by atoms with van der Waals surface area (Å²) >= 11 is 0. The van der Waals surface area contributed by atoms with Crippen molar-refractivity contribution in [3.63, 3.8) is 0 Å². The molecule has 0 aliphatic heterocycles. The standard InChI is InChI=1S/C10H16N4O/c1-4-8(11)10(15)14-9-5-6(2)12-7(3)13-9/h5,8H,4,11H2,1-3H3,(H,12,13,14,15). The molecule has 0 saturated carbocycles. The fourth-order valence-electron chi connectivity index (χ4n) is 1.19. The maximum atomic E-state index is 11.5. The molecule has 0 bridgehead atoms. The maximum Gasteiger partial charge on any atom is 0.242 e. The molecule has 1 rings (SSSR count). The largest absolute Gasteiger partial charge is 0.320 e. The zero-order valence-corrected chi connectivity index (χ0v) is 9.24. The Labute approximate surface area is 89.1 Å².